The first-order chi connectivity index (χ1) is 60.0. The number of hydrogen-bond acceptors (Lipinski definition) is 15. The highest BCUT2D eigenvalue weighted by molar-refractivity contribution is 7.37. The summed E-state index contributed by atoms with van der Waals surface area (Å²) >= 11 is 10.7. The summed E-state index contributed by atoms with van der Waals surface area (Å²) in [6.45, 7) is 10.9. The van der Waals surface area contributed by atoms with Gasteiger partial charge in [0, 0.05) is 74.8 Å². The number of unbranched alkanes of at least 4 members (excludes halogenated alkanes) is 27. The van der Waals surface area contributed by atoms with E-state index in [1.807, 2.05) is 71.2 Å². The van der Waals surface area contributed by atoms with Crippen LogP contribution in [0.25, 0.3) is 71.0 Å². The lowest BCUT2D eigenvalue weighted by molar-refractivity contribution is 0.103. The van der Waals surface area contributed by atoms with E-state index < -0.39 is 10.8 Å². The SMILES string of the molecule is CCCCCCCCCCCCOc1ccc(C2(c3ccc(C)cc3)c3c(sc4cc(/C=C5\C(=O)c6ccccc6C5=C(C#N)C#N)sc34)-c3sc4c5c(sc4c32)-c2sc3cc(/C=C4\C(=O)c6ccccc6C4=C(C#N)C#N)sc3c2C5(c2ccc(OCCCCCCCCCCCC)cc2)c2ccc(OCCCCCCCCCCCC)cc2)cc1. The van der Waals surface area contributed by atoms with Gasteiger partial charge < -0.3 is 14.2 Å². The van der Waals surface area contributed by atoms with Gasteiger partial charge in [0.2, 0.25) is 0 Å². The lowest BCUT2D eigenvalue weighted by Crippen LogP contribution is -2.29. The maximum Gasteiger partial charge on any atom is 0.194 e. The lowest BCUT2D eigenvalue weighted by Gasteiger charge is -2.34. The van der Waals surface area contributed by atoms with Gasteiger partial charge in [-0.3, -0.25) is 9.59 Å². The van der Waals surface area contributed by atoms with Crippen LogP contribution in [0.3, 0.4) is 0 Å². The monoisotopic (exact) mass is 1720 g/mol. The molecule has 0 saturated heterocycles. The standard InChI is InChI=1S/C107H106N4O5S6/c1-5-8-11-14-17-20-23-26-29-36-59-114-77-53-47-74(48-54-77)106(73-45-43-70(4)44-46-73)92-98-88(64-80(117-98)62-86-90(71(66-108)67-109)82-39-32-34-41-84(82)96(86)112)119-100(92)102-94(106)104-105(121-102)95-103(122-104)101-93(99-89(120-101)65-81(118-99)63-87-91(72(68-110)69-111)83-40-33-35-42-85(83)97(87)113)107(95,75-49-55-78(56-50-75)115-60-37-30-27-24-21-18-15-12-9-6-2)76-51-57-79(58-52-76)116-61-38-31-28-25-22-19-16-13-10-7-3/h32-35,39-58,62-65H,5-31,36-38,59-61H2,1-4H3/b86-62-,87-63-. The number of ketones is 2. The fourth-order valence-electron chi connectivity index (χ4n) is 19.2. The van der Waals surface area contributed by atoms with Crippen molar-refractivity contribution in [1.82, 2.24) is 0 Å². The normalized spacial score (nSPS) is 15.2. The molecule has 1 unspecified atom stereocenters. The minimum Gasteiger partial charge on any atom is -0.494 e. The van der Waals surface area contributed by atoms with Crippen molar-refractivity contribution in [1.29, 1.82) is 21.0 Å². The summed E-state index contributed by atoms with van der Waals surface area (Å²) < 4.78 is 27.0. The van der Waals surface area contributed by atoms with Crippen molar-refractivity contribution in [3.05, 3.63) is 262 Å². The van der Waals surface area contributed by atoms with Gasteiger partial charge in [0.15, 0.2) is 11.6 Å². The molecule has 0 aliphatic heterocycles. The molecule has 0 amide bonds. The number of thiophene rings is 6. The molecule has 0 spiro atoms. The van der Waals surface area contributed by atoms with Crippen molar-refractivity contribution in [2.45, 2.75) is 231 Å². The van der Waals surface area contributed by atoms with Crippen LogP contribution >= 0.6 is 68.0 Å². The molecule has 0 N–H and O–H groups in total. The van der Waals surface area contributed by atoms with Crippen LogP contribution in [0.5, 0.6) is 17.2 Å². The van der Waals surface area contributed by atoms with E-state index in [0.29, 0.717) is 64.4 Å². The number of hydrogen-bond donors (Lipinski definition) is 0. The third-order valence-corrected chi connectivity index (χ3v) is 32.9. The molecule has 0 fully saturated rings. The first-order valence-electron chi connectivity index (χ1n) is 44.9. The fourth-order valence-corrected chi connectivity index (χ4v) is 27.9. The minimum atomic E-state index is -0.944. The summed E-state index contributed by atoms with van der Waals surface area (Å²) in [6, 6.07) is 63.8. The Morgan fingerprint density at radius 3 is 0.902 bits per heavy atom. The van der Waals surface area contributed by atoms with Gasteiger partial charge in [0.25, 0.3) is 0 Å². The lowest BCUT2D eigenvalue weighted by atomic mass is 9.67. The average Bonchev–Trinajstić information content (AvgIpc) is 1.47. The smallest absolute Gasteiger partial charge is 0.194 e. The molecule has 0 saturated carbocycles. The average molecular weight is 1720 g/mol. The third kappa shape index (κ3) is 16.8. The Morgan fingerprint density at radius 1 is 0.328 bits per heavy atom. The summed E-state index contributed by atoms with van der Waals surface area (Å²) in [6.07, 6.45) is 41.2. The molecule has 16 rings (SSSR count). The van der Waals surface area contributed by atoms with E-state index in [4.69, 9.17) is 14.2 Å². The van der Waals surface area contributed by atoms with E-state index in [1.165, 1.54) is 205 Å². The van der Waals surface area contributed by atoms with Crippen molar-refractivity contribution in [3.63, 3.8) is 0 Å². The minimum absolute atomic E-state index is 0.0921. The Labute approximate surface area is 744 Å². The Bertz CT molecular complexity index is 6030. The second kappa shape index (κ2) is 39.6. The number of benzene rings is 6. The van der Waals surface area contributed by atoms with E-state index in [1.54, 1.807) is 57.5 Å². The first-order valence-corrected chi connectivity index (χ1v) is 49.8. The summed E-state index contributed by atoms with van der Waals surface area (Å²) in [7, 11) is 0. The Hall–Kier alpha value is -10.0. The van der Waals surface area contributed by atoms with Crippen molar-refractivity contribution < 1.29 is 23.8 Å². The van der Waals surface area contributed by atoms with Gasteiger partial charge in [0.1, 0.15) is 52.7 Å². The molecular formula is C107H106N4O5S6. The molecule has 6 heterocycles. The molecule has 6 aromatic carbocycles. The van der Waals surface area contributed by atoms with Crippen LogP contribution in [-0.2, 0) is 10.8 Å². The summed E-state index contributed by atoms with van der Waals surface area (Å²) in [5, 5.41) is 42.0. The number of nitriles is 4. The molecule has 12 aromatic rings. The topological polar surface area (TPSA) is 157 Å². The van der Waals surface area contributed by atoms with Crippen LogP contribution in [0.15, 0.2) is 180 Å². The number of fused-ring (bicyclic) bond motifs is 15. The zero-order chi connectivity index (χ0) is 84.1. The number of nitrogens with zero attached hydrogens (tertiary/aromatic N) is 4. The zero-order valence-corrected chi connectivity index (χ0v) is 75.7. The molecule has 122 heavy (non-hydrogen) atoms. The van der Waals surface area contributed by atoms with Crippen LogP contribution in [-0.4, -0.2) is 31.4 Å². The van der Waals surface area contributed by atoms with E-state index in [2.05, 4.69) is 161 Å². The molecule has 6 aromatic heterocycles. The van der Waals surface area contributed by atoms with Crippen molar-refractivity contribution in [2.24, 2.45) is 0 Å². The van der Waals surface area contributed by atoms with Crippen LogP contribution in [0, 0.1) is 52.2 Å². The van der Waals surface area contributed by atoms with Crippen LogP contribution in [0.1, 0.15) is 305 Å². The predicted octanol–water partition coefficient (Wildman–Crippen LogP) is 31.6. The van der Waals surface area contributed by atoms with Crippen molar-refractivity contribution in [2.75, 3.05) is 19.8 Å². The predicted molar refractivity (Wildman–Crippen MR) is 511 cm³/mol. The molecule has 4 aliphatic carbocycles. The summed E-state index contributed by atoms with van der Waals surface area (Å²) in [5.41, 5.74) is 12.0. The van der Waals surface area contributed by atoms with E-state index in [0.717, 1.165) is 112 Å². The number of carbonyl (C=O) groups excluding carboxylic acids is 2. The maximum absolute atomic E-state index is 14.7. The summed E-state index contributed by atoms with van der Waals surface area (Å²) in [5.74, 6) is 2.07. The van der Waals surface area contributed by atoms with Gasteiger partial charge in [0.05, 0.1) is 69.0 Å². The van der Waals surface area contributed by atoms with Gasteiger partial charge in [-0.15, -0.1) is 68.0 Å². The van der Waals surface area contributed by atoms with Crippen molar-refractivity contribution in [3.8, 4) is 61.0 Å². The number of carbonyl (C=O) groups is 2. The largest absolute Gasteiger partial charge is 0.494 e. The molecule has 0 bridgehead atoms. The Morgan fingerprint density at radius 2 is 0.598 bits per heavy atom. The van der Waals surface area contributed by atoms with Gasteiger partial charge in [-0.2, -0.15) is 21.0 Å². The number of allylic oxidation sites excluding steroid dienone is 6. The zero-order valence-electron chi connectivity index (χ0n) is 70.8. The third-order valence-electron chi connectivity index (χ3n) is 25.3. The molecule has 1 atom stereocenters. The molecule has 15 heteroatoms. The van der Waals surface area contributed by atoms with Crippen molar-refractivity contribution >= 4 is 131 Å². The molecule has 0 radical (unpaired) electrons. The second-order valence-corrected chi connectivity index (χ2v) is 39.7. The first kappa shape index (κ1) is 85.5. The van der Waals surface area contributed by atoms with Crippen LogP contribution in [0.4, 0.5) is 0 Å². The van der Waals surface area contributed by atoms with E-state index in [9.17, 15) is 30.6 Å². The molecular weight excluding hydrogens is 1610 g/mol. The Balaban J connectivity index is 0.865. The highest BCUT2D eigenvalue weighted by Crippen LogP contribution is 2.72. The number of aryl methyl sites for hydroxylation is 1. The second-order valence-electron chi connectivity index (χ2n) is 33.4. The maximum atomic E-state index is 14.7. The van der Waals surface area contributed by atoms with Gasteiger partial charge >= 0.3 is 0 Å². The molecule has 620 valence electrons. The Kier molecular flexibility index (Phi) is 27.8. The molecule has 4 aliphatic rings. The number of Topliss-reactive ketones (excluding diaryl/α,β-unsaturated/α-hetero) is 2. The fraction of sp³-hybridized carbons (Fsp3) is 0.364. The highest BCUT2D eigenvalue weighted by atomic mass is 32.1. The number of rotatable bonds is 42. The molecule has 9 nitrogen and oxygen atoms in total. The summed E-state index contributed by atoms with van der Waals surface area (Å²) in [4.78, 5) is 35.9. The van der Waals surface area contributed by atoms with E-state index >= 15 is 0 Å². The van der Waals surface area contributed by atoms with Gasteiger partial charge in [-0.25, -0.2) is 0 Å². The van der Waals surface area contributed by atoms with E-state index in [-0.39, 0.29) is 22.7 Å². The quantitative estimate of drug-likeness (QED) is 0.0206. The van der Waals surface area contributed by atoms with Gasteiger partial charge in [-0.05, 0) is 120 Å². The van der Waals surface area contributed by atoms with Gasteiger partial charge in [-0.1, -0.05) is 309 Å². The van der Waals surface area contributed by atoms with Crippen LogP contribution in [0.2, 0.25) is 0 Å². The number of ether oxygens (including phenoxy) is 3. The van der Waals surface area contributed by atoms with Crippen LogP contribution < -0.4 is 14.2 Å². The highest BCUT2D eigenvalue weighted by Gasteiger charge is 2.57.